The third-order valence-corrected chi connectivity index (χ3v) is 3.29. The van der Waals surface area contributed by atoms with Crippen molar-refractivity contribution in [3.05, 3.63) is 24.3 Å². The minimum absolute atomic E-state index is 0.159. The summed E-state index contributed by atoms with van der Waals surface area (Å²) in [5.41, 5.74) is 1.35. The second-order valence-electron chi connectivity index (χ2n) is 5.75. The lowest BCUT2D eigenvalue weighted by Gasteiger charge is -2.32. The zero-order chi connectivity index (χ0) is 12.5. The van der Waals surface area contributed by atoms with Gasteiger partial charge in [0.25, 0.3) is 0 Å². The summed E-state index contributed by atoms with van der Waals surface area (Å²) in [6.45, 7) is 7.56. The predicted molar refractivity (Wildman–Crippen MR) is 69.5 cm³/mol. The van der Waals surface area contributed by atoms with Gasteiger partial charge < -0.3 is 9.67 Å². The minimum Gasteiger partial charge on any atom is -0.389 e. The molecule has 1 aliphatic carbocycles. The van der Waals surface area contributed by atoms with Gasteiger partial charge in [-0.25, -0.2) is 4.98 Å². The van der Waals surface area contributed by atoms with Crippen LogP contribution in [0.25, 0.3) is 5.57 Å². The van der Waals surface area contributed by atoms with Crippen molar-refractivity contribution >= 4 is 5.57 Å². The standard InChI is InChI=1S/C14H22N2O/c1-4-6-16-7-5-15-13(16)11-8-12(17)10-14(2,3)9-11/h5,7-8,12,17H,4,6,9-10H2,1-3H3. The van der Waals surface area contributed by atoms with E-state index in [0.29, 0.717) is 0 Å². The Morgan fingerprint density at radius 3 is 2.94 bits per heavy atom. The number of aliphatic hydroxyl groups excluding tert-OH is 1. The zero-order valence-electron chi connectivity index (χ0n) is 11.0. The molecule has 2 rings (SSSR count). The van der Waals surface area contributed by atoms with Crippen molar-refractivity contribution in [2.75, 3.05) is 0 Å². The van der Waals surface area contributed by atoms with Gasteiger partial charge in [0, 0.05) is 18.9 Å². The van der Waals surface area contributed by atoms with Gasteiger partial charge >= 0.3 is 0 Å². The maximum atomic E-state index is 9.92. The average molecular weight is 234 g/mol. The second-order valence-corrected chi connectivity index (χ2v) is 5.75. The Hall–Kier alpha value is -1.09. The third kappa shape index (κ3) is 2.78. The number of hydrogen-bond acceptors (Lipinski definition) is 2. The summed E-state index contributed by atoms with van der Waals surface area (Å²) in [6.07, 6.45) is 8.44. The molecule has 0 radical (unpaired) electrons. The molecule has 1 aromatic rings. The first-order chi connectivity index (χ1) is 8.02. The van der Waals surface area contributed by atoms with E-state index in [1.807, 2.05) is 18.5 Å². The van der Waals surface area contributed by atoms with Gasteiger partial charge in [-0.3, -0.25) is 0 Å². The first-order valence-corrected chi connectivity index (χ1v) is 6.42. The van der Waals surface area contributed by atoms with Crippen LogP contribution in [0.15, 0.2) is 18.5 Å². The van der Waals surface area contributed by atoms with Crippen LogP contribution in [0.2, 0.25) is 0 Å². The fourth-order valence-electron chi connectivity index (χ4n) is 2.68. The van der Waals surface area contributed by atoms with E-state index in [1.54, 1.807) is 0 Å². The normalized spacial score (nSPS) is 23.5. The van der Waals surface area contributed by atoms with Crippen LogP contribution in [-0.4, -0.2) is 20.8 Å². The number of rotatable bonds is 3. The van der Waals surface area contributed by atoms with E-state index < -0.39 is 0 Å². The molecular formula is C14H22N2O. The number of hydrogen-bond donors (Lipinski definition) is 1. The molecule has 0 spiro atoms. The molecule has 1 N–H and O–H groups in total. The molecule has 0 fully saturated rings. The van der Waals surface area contributed by atoms with Crippen molar-refractivity contribution in [3.8, 4) is 0 Å². The number of aliphatic hydroxyl groups is 1. The van der Waals surface area contributed by atoms with Crippen molar-refractivity contribution in [2.45, 2.75) is 52.7 Å². The van der Waals surface area contributed by atoms with Gasteiger partial charge in [-0.2, -0.15) is 0 Å². The van der Waals surface area contributed by atoms with Crippen LogP contribution in [0.1, 0.15) is 45.9 Å². The van der Waals surface area contributed by atoms with Crippen LogP contribution < -0.4 is 0 Å². The molecule has 0 amide bonds. The highest BCUT2D eigenvalue weighted by molar-refractivity contribution is 5.62. The quantitative estimate of drug-likeness (QED) is 0.873. The summed E-state index contributed by atoms with van der Waals surface area (Å²) in [4.78, 5) is 4.44. The lowest BCUT2D eigenvalue weighted by atomic mass is 9.76. The summed E-state index contributed by atoms with van der Waals surface area (Å²) >= 11 is 0. The minimum atomic E-state index is -0.333. The summed E-state index contributed by atoms with van der Waals surface area (Å²) in [5, 5.41) is 9.92. The molecule has 0 saturated heterocycles. The summed E-state index contributed by atoms with van der Waals surface area (Å²) < 4.78 is 2.18. The number of aromatic nitrogens is 2. The first-order valence-electron chi connectivity index (χ1n) is 6.42. The Balaban J connectivity index is 2.29. The molecule has 0 bridgehead atoms. The number of nitrogens with zero attached hydrogens (tertiary/aromatic N) is 2. The van der Waals surface area contributed by atoms with E-state index >= 15 is 0 Å². The molecule has 0 aromatic carbocycles. The van der Waals surface area contributed by atoms with E-state index in [9.17, 15) is 5.11 Å². The van der Waals surface area contributed by atoms with Crippen LogP contribution >= 0.6 is 0 Å². The van der Waals surface area contributed by atoms with E-state index in [-0.39, 0.29) is 11.5 Å². The summed E-state index contributed by atoms with van der Waals surface area (Å²) in [7, 11) is 0. The average Bonchev–Trinajstić information content (AvgIpc) is 2.63. The molecule has 1 aliphatic rings. The second kappa shape index (κ2) is 4.65. The fraction of sp³-hybridized carbons (Fsp3) is 0.643. The first kappa shape index (κ1) is 12.4. The van der Waals surface area contributed by atoms with Crippen molar-refractivity contribution in [2.24, 2.45) is 5.41 Å². The van der Waals surface area contributed by atoms with Crippen molar-refractivity contribution in [1.82, 2.24) is 9.55 Å². The number of aryl methyl sites for hydroxylation is 1. The van der Waals surface area contributed by atoms with E-state index in [4.69, 9.17) is 0 Å². The van der Waals surface area contributed by atoms with Crippen LogP contribution in [0.4, 0.5) is 0 Å². The maximum Gasteiger partial charge on any atom is 0.135 e. The molecule has 1 atom stereocenters. The highest BCUT2D eigenvalue weighted by Crippen LogP contribution is 2.38. The SMILES string of the molecule is CCCn1ccnc1C1=CC(O)CC(C)(C)C1. The molecule has 1 aromatic heterocycles. The molecule has 0 saturated carbocycles. The third-order valence-electron chi connectivity index (χ3n) is 3.29. The monoisotopic (exact) mass is 234 g/mol. The molecule has 17 heavy (non-hydrogen) atoms. The molecule has 94 valence electrons. The fourth-order valence-corrected chi connectivity index (χ4v) is 2.68. The van der Waals surface area contributed by atoms with Crippen LogP contribution in [-0.2, 0) is 6.54 Å². The van der Waals surface area contributed by atoms with Gasteiger partial charge in [-0.15, -0.1) is 0 Å². The lowest BCUT2D eigenvalue weighted by molar-refractivity contribution is 0.146. The Labute approximate surface area is 103 Å². The molecular weight excluding hydrogens is 212 g/mol. The largest absolute Gasteiger partial charge is 0.389 e. The van der Waals surface area contributed by atoms with Gasteiger partial charge in [-0.1, -0.05) is 20.8 Å². The number of allylic oxidation sites excluding steroid dienone is 1. The highest BCUT2D eigenvalue weighted by atomic mass is 16.3. The molecule has 3 heteroatoms. The zero-order valence-corrected chi connectivity index (χ0v) is 11.0. The van der Waals surface area contributed by atoms with Crippen LogP contribution in [0, 0.1) is 5.41 Å². The Morgan fingerprint density at radius 2 is 2.29 bits per heavy atom. The molecule has 1 heterocycles. The van der Waals surface area contributed by atoms with Gasteiger partial charge in [0.1, 0.15) is 5.82 Å². The summed E-state index contributed by atoms with van der Waals surface area (Å²) in [5.74, 6) is 1.03. The van der Waals surface area contributed by atoms with Gasteiger partial charge in [-0.05, 0) is 36.3 Å². The topological polar surface area (TPSA) is 38.0 Å². The predicted octanol–water partition coefficient (Wildman–Crippen LogP) is 2.86. The van der Waals surface area contributed by atoms with E-state index in [2.05, 4.69) is 30.3 Å². The van der Waals surface area contributed by atoms with Gasteiger partial charge in [0.15, 0.2) is 0 Å². The van der Waals surface area contributed by atoms with Crippen LogP contribution in [0.5, 0.6) is 0 Å². The molecule has 3 nitrogen and oxygen atoms in total. The Morgan fingerprint density at radius 1 is 1.53 bits per heavy atom. The van der Waals surface area contributed by atoms with E-state index in [1.165, 1.54) is 5.57 Å². The lowest BCUT2D eigenvalue weighted by Crippen LogP contribution is -2.25. The molecule has 0 aliphatic heterocycles. The molecule has 1 unspecified atom stereocenters. The van der Waals surface area contributed by atoms with Crippen molar-refractivity contribution in [3.63, 3.8) is 0 Å². The Bertz CT molecular complexity index is 418. The van der Waals surface area contributed by atoms with Gasteiger partial charge in [0.05, 0.1) is 6.10 Å². The highest BCUT2D eigenvalue weighted by Gasteiger charge is 2.29. The van der Waals surface area contributed by atoms with Crippen LogP contribution in [0.3, 0.4) is 0 Å². The smallest absolute Gasteiger partial charge is 0.135 e. The van der Waals surface area contributed by atoms with E-state index in [0.717, 1.165) is 31.6 Å². The summed E-state index contributed by atoms with van der Waals surface area (Å²) in [6, 6.07) is 0. The maximum absolute atomic E-state index is 9.92. The number of imidazole rings is 1. The Kier molecular flexibility index (Phi) is 3.38. The van der Waals surface area contributed by atoms with Crippen molar-refractivity contribution < 1.29 is 5.11 Å². The van der Waals surface area contributed by atoms with Crippen molar-refractivity contribution in [1.29, 1.82) is 0 Å². The van der Waals surface area contributed by atoms with Gasteiger partial charge in [0.2, 0.25) is 0 Å².